The summed E-state index contributed by atoms with van der Waals surface area (Å²) in [6, 6.07) is 2.22. The van der Waals surface area contributed by atoms with E-state index in [1.54, 1.807) is 0 Å². The number of hydrogen-bond donors (Lipinski definition) is 3. The van der Waals surface area contributed by atoms with E-state index in [0.717, 1.165) is 6.42 Å². The van der Waals surface area contributed by atoms with Crippen LogP contribution < -0.4 is 0 Å². The SMILES string of the molecule is CCC(C)(C)C(O)OC(O)OC1C2CC3C1OC(O)C3(C#N)C2. The average molecular weight is 327 g/mol. The molecule has 7 nitrogen and oxygen atoms in total. The Morgan fingerprint density at radius 2 is 2.13 bits per heavy atom. The van der Waals surface area contributed by atoms with Crippen molar-refractivity contribution in [3.8, 4) is 6.07 Å². The van der Waals surface area contributed by atoms with Gasteiger partial charge >= 0.3 is 0 Å². The van der Waals surface area contributed by atoms with Crippen LogP contribution >= 0.6 is 0 Å². The Kier molecular flexibility index (Phi) is 4.20. The van der Waals surface area contributed by atoms with E-state index in [9.17, 15) is 20.6 Å². The minimum Gasteiger partial charge on any atom is -0.367 e. The van der Waals surface area contributed by atoms with Crippen LogP contribution in [0.2, 0.25) is 0 Å². The molecular formula is C16H25NO6. The van der Waals surface area contributed by atoms with Crippen molar-refractivity contribution in [3.63, 3.8) is 0 Å². The zero-order valence-electron chi connectivity index (χ0n) is 13.7. The fourth-order valence-electron chi connectivity index (χ4n) is 4.11. The van der Waals surface area contributed by atoms with Gasteiger partial charge in [-0.1, -0.05) is 20.8 Å². The van der Waals surface area contributed by atoms with Crippen LogP contribution in [0.3, 0.4) is 0 Å². The highest BCUT2D eigenvalue weighted by atomic mass is 16.8. The van der Waals surface area contributed by atoms with Gasteiger partial charge < -0.3 is 24.8 Å². The molecule has 3 N–H and O–H groups in total. The third-order valence-electron chi connectivity index (χ3n) is 6.04. The standard InChI is InChI=1S/C16H25NO6/c1-4-15(2,3)12(18)23-14(20)22-10-8-5-9-11(10)21-13(19)16(9,6-8)7-17/h8-14,18-20H,4-6H2,1-3H3. The number of aliphatic hydroxyl groups excluding tert-OH is 3. The molecule has 0 aromatic heterocycles. The molecule has 0 spiro atoms. The highest BCUT2D eigenvalue weighted by Crippen LogP contribution is 2.63. The molecule has 23 heavy (non-hydrogen) atoms. The normalized spacial score (nSPS) is 44.3. The van der Waals surface area contributed by atoms with Gasteiger partial charge in [0.15, 0.2) is 12.6 Å². The first kappa shape index (κ1) is 17.1. The molecule has 1 aliphatic heterocycles. The molecule has 3 fully saturated rings. The van der Waals surface area contributed by atoms with Crippen molar-refractivity contribution in [1.82, 2.24) is 0 Å². The van der Waals surface area contributed by atoms with Gasteiger partial charge in [-0.2, -0.15) is 5.26 Å². The van der Waals surface area contributed by atoms with Crippen LogP contribution in [0.1, 0.15) is 40.0 Å². The maximum Gasteiger partial charge on any atom is 0.271 e. The molecule has 2 aliphatic carbocycles. The Morgan fingerprint density at radius 3 is 2.74 bits per heavy atom. The van der Waals surface area contributed by atoms with E-state index >= 15 is 0 Å². The number of ether oxygens (including phenoxy) is 3. The van der Waals surface area contributed by atoms with Crippen LogP contribution in [0.25, 0.3) is 0 Å². The zero-order valence-corrected chi connectivity index (χ0v) is 13.7. The van der Waals surface area contributed by atoms with Gasteiger partial charge in [-0.15, -0.1) is 0 Å². The average Bonchev–Trinajstić information content (AvgIpc) is 3.09. The zero-order chi connectivity index (χ0) is 17.0. The number of nitriles is 1. The van der Waals surface area contributed by atoms with Gasteiger partial charge in [0.05, 0.1) is 18.3 Å². The Labute approximate surface area is 135 Å². The van der Waals surface area contributed by atoms with Gasteiger partial charge in [-0.05, 0) is 25.2 Å². The fraction of sp³-hybridized carbons (Fsp3) is 0.938. The molecule has 130 valence electrons. The molecule has 0 aromatic carbocycles. The molecule has 8 atom stereocenters. The van der Waals surface area contributed by atoms with E-state index < -0.39 is 42.1 Å². The molecular weight excluding hydrogens is 302 g/mol. The minimum absolute atomic E-state index is 0.0383. The van der Waals surface area contributed by atoms with Gasteiger partial charge in [-0.3, -0.25) is 4.74 Å². The lowest BCUT2D eigenvalue weighted by Gasteiger charge is -2.34. The Morgan fingerprint density at radius 1 is 1.43 bits per heavy atom. The van der Waals surface area contributed by atoms with Crippen molar-refractivity contribution in [2.24, 2.45) is 22.7 Å². The molecule has 2 saturated carbocycles. The Bertz CT molecular complexity index is 505. The van der Waals surface area contributed by atoms with Gasteiger partial charge in [-0.25, -0.2) is 0 Å². The third-order valence-corrected chi connectivity index (χ3v) is 6.04. The summed E-state index contributed by atoms with van der Waals surface area (Å²) in [5, 5.41) is 39.5. The molecule has 7 heteroatoms. The fourth-order valence-corrected chi connectivity index (χ4v) is 4.11. The van der Waals surface area contributed by atoms with Gasteiger partial charge in [0, 0.05) is 11.3 Å². The monoisotopic (exact) mass is 327 g/mol. The second kappa shape index (κ2) is 5.66. The molecule has 0 amide bonds. The van der Waals surface area contributed by atoms with Crippen molar-refractivity contribution >= 4 is 0 Å². The molecule has 1 saturated heterocycles. The van der Waals surface area contributed by atoms with Crippen molar-refractivity contribution in [2.75, 3.05) is 0 Å². The highest BCUT2D eigenvalue weighted by Gasteiger charge is 2.70. The summed E-state index contributed by atoms with van der Waals surface area (Å²) in [7, 11) is 0. The first-order valence-electron chi connectivity index (χ1n) is 8.17. The summed E-state index contributed by atoms with van der Waals surface area (Å²) in [6.45, 7) is 4.02. The lowest BCUT2D eigenvalue weighted by Crippen LogP contribution is -2.43. The van der Waals surface area contributed by atoms with Crippen molar-refractivity contribution in [2.45, 2.75) is 71.3 Å². The summed E-state index contributed by atoms with van der Waals surface area (Å²) in [5.41, 5.74) is -1.35. The van der Waals surface area contributed by atoms with Crippen LogP contribution in [0, 0.1) is 34.0 Å². The van der Waals surface area contributed by atoms with Gasteiger partial charge in [0.2, 0.25) is 0 Å². The van der Waals surface area contributed by atoms with Gasteiger partial charge in [0.25, 0.3) is 6.48 Å². The summed E-state index contributed by atoms with van der Waals surface area (Å²) >= 11 is 0. The van der Waals surface area contributed by atoms with Crippen molar-refractivity contribution in [1.29, 1.82) is 5.26 Å². The minimum atomic E-state index is -1.57. The summed E-state index contributed by atoms with van der Waals surface area (Å²) in [6.07, 6.45) is -1.22. The third kappa shape index (κ3) is 2.49. The highest BCUT2D eigenvalue weighted by molar-refractivity contribution is 5.22. The quantitative estimate of drug-likeness (QED) is 0.615. The van der Waals surface area contributed by atoms with E-state index in [4.69, 9.17) is 14.2 Å². The second-order valence-corrected chi connectivity index (χ2v) is 7.65. The Hall–Kier alpha value is -0.750. The van der Waals surface area contributed by atoms with Crippen LogP contribution in [0.4, 0.5) is 0 Å². The lowest BCUT2D eigenvalue weighted by molar-refractivity contribution is -0.355. The first-order valence-corrected chi connectivity index (χ1v) is 8.17. The van der Waals surface area contributed by atoms with Gasteiger partial charge in [0.1, 0.15) is 5.41 Å². The number of fused-ring (bicyclic) bond motifs is 1. The summed E-state index contributed by atoms with van der Waals surface area (Å²) in [4.78, 5) is 0. The predicted molar refractivity (Wildman–Crippen MR) is 77.2 cm³/mol. The smallest absolute Gasteiger partial charge is 0.271 e. The molecule has 0 aromatic rings. The van der Waals surface area contributed by atoms with Crippen LogP contribution in [0.15, 0.2) is 0 Å². The van der Waals surface area contributed by atoms with E-state index in [0.29, 0.717) is 12.8 Å². The number of rotatable bonds is 6. The number of nitrogens with zero attached hydrogens (tertiary/aromatic N) is 1. The largest absolute Gasteiger partial charge is 0.367 e. The van der Waals surface area contributed by atoms with E-state index in [1.807, 2.05) is 20.8 Å². The topological polar surface area (TPSA) is 112 Å². The molecule has 0 radical (unpaired) electrons. The van der Waals surface area contributed by atoms with Crippen molar-refractivity contribution in [3.05, 3.63) is 0 Å². The Balaban J connectivity index is 1.62. The van der Waals surface area contributed by atoms with Crippen LogP contribution in [-0.4, -0.2) is 46.6 Å². The van der Waals surface area contributed by atoms with E-state index in [1.165, 1.54) is 0 Å². The molecule has 3 rings (SSSR count). The van der Waals surface area contributed by atoms with E-state index in [-0.39, 0.29) is 11.8 Å². The first-order chi connectivity index (χ1) is 10.7. The molecule has 3 aliphatic rings. The maximum atomic E-state index is 10.0. The molecule has 2 bridgehead atoms. The second-order valence-electron chi connectivity index (χ2n) is 7.65. The summed E-state index contributed by atoms with van der Waals surface area (Å²) < 4.78 is 16.2. The predicted octanol–water partition coefficient (Wildman–Crippen LogP) is 0.686. The maximum absolute atomic E-state index is 10.0. The summed E-state index contributed by atoms with van der Waals surface area (Å²) in [5.74, 6) is -0.0434. The van der Waals surface area contributed by atoms with Crippen LogP contribution in [0.5, 0.6) is 0 Å². The van der Waals surface area contributed by atoms with Crippen LogP contribution in [-0.2, 0) is 14.2 Å². The number of hydrogen-bond acceptors (Lipinski definition) is 7. The molecule has 1 heterocycles. The number of aliphatic hydroxyl groups is 3. The van der Waals surface area contributed by atoms with E-state index in [2.05, 4.69) is 6.07 Å². The van der Waals surface area contributed by atoms with Crippen molar-refractivity contribution < 1.29 is 29.5 Å². The molecule has 8 unspecified atom stereocenters. The lowest BCUT2D eigenvalue weighted by atomic mass is 9.74.